The molecule has 1 heterocycles. The summed E-state index contributed by atoms with van der Waals surface area (Å²) in [5, 5.41) is 0. The van der Waals surface area contributed by atoms with Crippen molar-refractivity contribution in [2.24, 2.45) is 0 Å². The van der Waals surface area contributed by atoms with E-state index in [0.29, 0.717) is 6.10 Å². The molecule has 0 spiro atoms. The van der Waals surface area contributed by atoms with Gasteiger partial charge in [-0.1, -0.05) is 15.9 Å². The van der Waals surface area contributed by atoms with E-state index >= 15 is 0 Å². The minimum Gasteiger partial charge on any atom is -0.378 e. The predicted molar refractivity (Wildman–Crippen MR) is 71.1 cm³/mol. The molecule has 0 bridgehead atoms. The zero-order chi connectivity index (χ0) is 12.4. The summed E-state index contributed by atoms with van der Waals surface area (Å²) in [7, 11) is 0. The van der Waals surface area contributed by atoms with Crippen molar-refractivity contribution in [2.45, 2.75) is 44.0 Å². The van der Waals surface area contributed by atoms with Crippen LogP contribution in [0.2, 0.25) is 0 Å². The highest BCUT2D eigenvalue weighted by atomic mass is 79.9. The lowest BCUT2D eigenvalue weighted by Gasteiger charge is -2.19. The fraction of sp³-hybridized carbons (Fsp3) is 0.571. The molecule has 3 heteroatoms. The Morgan fingerprint density at radius 2 is 2.06 bits per heavy atom. The third-order valence-corrected chi connectivity index (χ3v) is 4.20. The van der Waals surface area contributed by atoms with Crippen LogP contribution < -0.4 is 0 Å². The van der Waals surface area contributed by atoms with Crippen molar-refractivity contribution in [3.8, 4) is 0 Å². The number of halogens is 2. The molecule has 1 nitrogen and oxygen atoms in total. The second-order valence-corrected chi connectivity index (χ2v) is 5.90. The summed E-state index contributed by atoms with van der Waals surface area (Å²) >= 11 is 3.72. The maximum absolute atomic E-state index is 13.2. The van der Waals surface area contributed by atoms with Crippen molar-refractivity contribution in [1.82, 2.24) is 0 Å². The van der Waals surface area contributed by atoms with Gasteiger partial charge < -0.3 is 4.74 Å². The molecular weight excluding hydrogens is 283 g/mol. The molecule has 0 N–H and O–H groups in total. The van der Waals surface area contributed by atoms with Crippen LogP contribution in [0.4, 0.5) is 4.39 Å². The molecule has 1 fully saturated rings. The summed E-state index contributed by atoms with van der Waals surface area (Å²) in [4.78, 5) is 0.256. The lowest BCUT2D eigenvalue weighted by atomic mass is 9.96. The van der Waals surface area contributed by atoms with E-state index in [2.05, 4.69) is 15.9 Å². The molecule has 1 aliphatic heterocycles. The van der Waals surface area contributed by atoms with Crippen LogP contribution in [0, 0.1) is 19.7 Å². The summed E-state index contributed by atoms with van der Waals surface area (Å²) < 4.78 is 18.9. The Hall–Kier alpha value is -0.410. The summed E-state index contributed by atoms with van der Waals surface area (Å²) in [5.41, 5.74) is 3.24. The van der Waals surface area contributed by atoms with Crippen molar-refractivity contribution in [2.75, 3.05) is 6.61 Å². The fourth-order valence-electron chi connectivity index (χ4n) is 2.59. The zero-order valence-corrected chi connectivity index (χ0v) is 11.9. The number of aryl methyl sites for hydroxylation is 2. The molecule has 94 valence electrons. The zero-order valence-electron chi connectivity index (χ0n) is 10.3. The van der Waals surface area contributed by atoms with Crippen molar-refractivity contribution in [1.29, 1.82) is 0 Å². The maximum Gasteiger partial charge on any atom is 0.123 e. The van der Waals surface area contributed by atoms with E-state index in [1.807, 2.05) is 13.8 Å². The van der Waals surface area contributed by atoms with Crippen molar-refractivity contribution in [3.05, 3.63) is 34.6 Å². The van der Waals surface area contributed by atoms with Gasteiger partial charge in [-0.2, -0.15) is 0 Å². The van der Waals surface area contributed by atoms with Crippen LogP contribution >= 0.6 is 15.9 Å². The molecule has 0 radical (unpaired) electrons. The SMILES string of the molecule is Cc1cc(F)cc(C)c1C(Br)CC1CCCO1. The van der Waals surface area contributed by atoms with Gasteiger partial charge in [0, 0.05) is 11.4 Å². The quantitative estimate of drug-likeness (QED) is 0.750. The average molecular weight is 301 g/mol. The second kappa shape index (κ2) is 5.49. The molecule has 1 aromatic carbocycles. The molecule has 0 amide bonds. The third-order valence-electron chi connectivity index (χ3n) is 3.37. The van der Waals surface area contributed by atoms with Gasteiger partial charge >= 0.3 is 0 Å². The molecule has 2 rings (SSSR count). The van der Waals surface area contributed by atoms with Crippen molar-refractivity contribution >= 4 is 15.9 Å². The van der Waals surface area contributed by atoms with Crippen LogP contribution in [0.3, 0.4) is 0 Å². The predicted octanol–water partition coefficient (Wildman–Crippen LogP) is 4.45. The van der Waals surface area contributed by atoms with Crippen LogP contribution in [-0.4, -0.2) is 12.7 Å². The topological polar surface area (TPSA) is 9.23 Å². The first kappa shape index (κ1) is 13.0. The van der Waals surface area contributed by atoms with E-state index in [4.69, 9.17) is 4.74 Å². The molecule has 1 aromatic rings. The lowest BCUT2D eigenvalue weighted by Crippen LogP contribution is -2.10. The first-order chi connectivity index (χ1) is 8.08. The van der Waals surface area contributed by atoms with Crippen LogP contribution in [0.25, 0.3) is 0 Å². The number of benzene rings is 1. The average Bonchev–Trinajstić information content (AvgIpc) is 2.68. The van der Waals surface area contributed by atoms with Gasteiger partial charge in [-0.15, -0.1) is 0 Å². The van der Waals surface area contributed by atoms with E-state index in [-0.39, 0.29) is 10.6 Å². The Kier molecular flexibility index (Phi) is 4.21. The first-order valence-electron chi connectivity index (χ1n) is 6.10. The molecule has 0 saturated carbocycles. The molecule has 0 aliphatic carbocycles. The van der Waals surface area contributed by atoms with E-state index in [1.54, 1.807) is 12.1 Å². The minimum atomic E-state index is -0.152. The summed E-state index contributed by atoms with van der Waals surface area (Å²) in [6.45, 7) is 4.82. The number of ether oxygens (including phenoxy) is 1. The monoisotopic (exact) mass is 300 g/mol. The largest absolute Gasteiger partial charge is 0.378 e. The fourth-order valence-corrected chi connectivity index (χ4v) is 3.73. The highest BCUT2D eigenvalue weighted by Crippen LogP contribution is 2.35. The van der Waals surface area contributed by atoms with Gasteiger partial charge in [0.25, 0.3) is 0 Å². The Balaban J connectivity index is 2.15. The lowest BCUT2D eigenvalue weighted by molar-refractivity contribution is 0.104. The molecule has 2 unspecified atom stereocenters. The summed E-state index contributed by atoms with van der Waals surface area (Å²) in [6, 6.07) is 3.21. The molecule has 1 saturated heterocycles. The molecular formula is C14H18BrFO. The van der Waals surface area contributed by atoms with Gasteiger partial charge in [0.1, 0.15) is 5.82 Å². The number of hydrogen-bond acceptors (Lipinski definition) is 1. The van der Waals surface area contributed by atoms with Gasteiger partial charge in [0.05, 0.1) is 6.10 Å². The molecule has 17 heavy (non-hydrogen) atoms. The summed E-state index contributed by atoms with van der Waals surface area (Å²) in [5.74, 6) is -0.152. The highest BCUT2D eigenvalue weighted by Gasteiger charge is 2.22. The Morgan fingerprint density at radius 1 is 1.41 bits per heavy atom. The summed E-state index contributed by atoms with van der Waals surface area (Å²) in [6.07, 6.45) is 3.61. The minimum absolute atomic E-state index is 0.152. The molecule has 1 aliphatic rings. The van der Waals surface area contributed by atoms with Crippen LogP contribution in [-0.2, 0) is 4.74 Å². The van der Waals surface area contributed by atoms with E-state index in [0.717, 1.165) is 37.0 Å². The van der Waals surface area contributed by atoms with Gasteiger partial charge in [-0.3, -0.25) is 0 Å². The molecule has 0 aromatic heterocycles. The van der Waals surface area contributed by atoms with Crippen molar-refractivity contribution in [3.63, 3.8) is 0 Å². The highest BCUT2D eigenvalue weighted by molar-refractivity contribution is 9.09. The van der Waals surface area contributed by atoms with Crippen LogP contribution in [0.1, 0.15) is 40.8 Å². The van der Waals surface area contributed by atoms with Gasteiger partial charge in [0.15, 0.2) is 0 Å². The van der Waals surface area contributed by atoms with E-state index < -0.39 is 0 Å². The number of rotatable bonds is 3. The molecule has 2 atom stereocenters. The van der Waals surface area contributed by atoms with Crippen LogP contribution in [0.15, 0.2) is 12.1 Å². The Bertz CT molecular complexity index is 376. The van der Waals surface area contributed by atoms with Crippen LogP contribution in [0.5, 0.6) is 0 Å². The third kappa shape index (κ3) is 3.08. The smallest absolute Gasteiger partial charge is 0.123 e. The normalized spacial score (nSPS) is 21.8. The van der Waals surface area contributed by atoms with E-state index in [1.165, 1.54) is 5.56 Å². The number of alkyl halides is 1. The maximum atomic E-state index is 13.2. The van der Waals surface area contributed by atoms with Gasteiger partial charge in [0.2, 0.25) is 0 Å². The van der Waals surface area contributed by atoms with E-state index in [9.17, 15) is 4.39 Å². The van der Waals surface area contributed by atoms with Crippen molar-refractivity contribution < 1.29 is 9.13 Å². The standard InChI is InChI=1S/C14H18BrFO/c1-9-6-11(16)7-10(2)14(9)13(15)8-12-4-3-5-17-12/h6-7,12-13H,3-5,8H2,1-2H3. The first-order valence-corrected chi connectivity index (χ1v) is 7.02. The Morgan fingerprint density at radius 3 is 2.59 bits per heavy atom. The van der Waals surface area contributed by atoms with Gasteiger partial charge in [-0.25, -0.2) is 4.39 Å². The number of hydrogen-bond donors (Lipinski definition) is 0. The second-order valence-electron chi connectivity index (χ2n) is 4.79. The van der Waals surface area contributed by atoms with Gasteiger partial charge in [-0.05, 0) is 61.9 Å². The Labute approximate surface area is 110 Å².